The number of carboxylic acids is 1. The fourth-order valence-corrected chi connectivity index (χ4v) is 2.98. The zero-order chi connectivity index (χ0) is 12.5. The minimum atomic E-state index is -0.997. The van der Waals surface area contributed by atoms with E-state index in [-0.39, 0.29) is 5.69 Å². The van der Waals surface area contributed by atoms with E-state index in [9.17, 15) is 4.79 Å². The number of rotatable bonds is 2. The average molecular weight is 255 g/mol. The molecule has 0 saturated carbocycles. The lowest BCUT2D eigenvalue weighted by Gasteiger charge is -2.00. The van der Waals surface area contributed by atoms with E-state index in [4.69, 9.17) is 5.11 Å². The molecule has 3 aromatic rings. The van der Waals surface area contributed by atoms with Crippen LogP contribution in [0.25, 0.3) is 20.5 Å². The molecule has 1 N–H and O–H groups in total. The Kier molecular flexibility index (Phi) is 2.57. The molecule has 2 heterocycles. The van der Waals surface area contributed by atoms with Gasteiger partial charge < -0.3 is 5.11 Å². The van der Waals surface area contributed by atoms with E-state index in [0.29, 0.717) is 5.56 Å². The number of benzene rings is 1. The molecule has 0 saturated heterocycles. The summed E-state index contributed by atoms with van der Waals surface area (Å²) in [5.41, 5.74) is 0.773. The van der Waals surface area contributed by atoms with Crippen molar-refractivity contribution in [2.75, 3.05) is 0 Å². The van der Waals surface area contributed by atoms with Crippen molar-refractivity contribution in [2.45, 2.75) is 0 Å². The van der Waals surface area contributed by atoms with Gasteiger partial charge in [-0.3, -0.25) is 0 Å². The van der Waals surface area contributed by atoms with Gasteiger partial charge in [-0.05, 0) is 29.7 Å². The molecule has 3 nitrogen and oxygen atoms in total. The first kappa shape index (κ1) is 10.9. The van der Waals surface area contributed by atoms with Crippen LogP contribution in [-0.4, -0.2) is 16.1 Å². The highest BCUT2D eigenvalue weighted by atomic mass is 32.1. The summed E-state index contributed by atoms with van der Waals surface area (Å²) in [4.78, 5) is 16.0. The van der Waals surface area contributed by atoms with Gasteiger partial charge in [0.2, 0.25) is 0 Å². The monoisotopic (exact) mass is 255 g/mol. The third kappa shape index (κ3) is 1.76. The molecule has 0 amide bonds. The lowest BCUT2D eigenvalue weighted by molar-refractivity contribution is 0.0691. The summed E-state index contributed by atoms with van der Waals surface area (Å²) in [6.45, 7) is 0. The van der Waals surface area contributed by atoms with Gasteiger partial charge >= 0.3 is 5.97 Å². The van der Waals surface area contributed by atoms with Crippen molar-refractivity contribution in [2.24, 2.45) is 0 Å². The highest BCUT2D eigenvalue weighted by molar-refractivity contribution is 7.22. The molecule has 1 aromatic carbocycles. The van der Waals surface area contributed by atoms with Crippen LogP contribution in [0.1, 0.15) is 10.5 Å². The van der Waals surface area contributed by atoms with E-state index < -0.39 is 5.97 Å². The zero-order valence-corrected chi connectivity index (χ0v) is 10.1. The molecular formula is C14H9NO2S. The van der Waals surface area contributed by atoms with Crippen molar-refractivity contribution in [3.05, 3.63) is 54.4 Å². The van der Waals surface area contributed by atoms with Gasteiger partial charge in [-0.1, -0.05) is 18.2 Å². The van der Waals surface area contributed by atoms with Gasteiger partial charge in [-0.2, -0.15) is 0 Å². The number of pyridine rings is 1. The first-order valence-corrected chi connectivity index (χ1v) is 6.24. The van der Waals surface area contributed by atoms with Crippen molar-refractivity contribution in [3.63, 3.8) is 0 Å². The third-order valence-corrected chi connectivity index (χ3v) is 3.85. The van der Waals surface area contributed by atoms with Crippen molar-refractivity contribution in [1.29, 1.82) is 0 Å². The molecule has 0 spiro atoms. The lowest BCUT2D eigenvalue weighted by atomic mass is 10.1. The predicted molar refractivity (Wildman–Crippen MR) is 72.0 cm³/mol. The molecular weight excluding hydrogens is 246 g/mol. The van der Waals surface area contributed by atoms with Crippen LogP contribution in [0.3, 0.4) is 0 Å². The SMILES string of the molecule is O=C(O)c1ncccc1-c1cc2ccccc2s1. The van der Waals surface area contributed by atoms with Crippen LogP contribution in [0, 0.1) is 0 Å². The number of carbonyl (C=O) groups is 1. The smallest absolute Gasteiger partial charge is 0.355 e. The minimum absolute atomic E-state index is 0.101. The summed E-state index contributed by atoms with van der Waals surface area (Å²) >= 11 is 1.58. The van der Waals surface area contributed by atoms with Gasteiger partial charge in [0, 0.05) is 21.3 Å². The Hall–Kier alpha value is -2.20. The lowest BCUT2D eigenvalue weighted by Crippen LogP contribution is -2.01. The van der Waals surface area contributed by atoms with Crippen LogP contribution < -0.4 is 0 Å². The molecule has 0 aliphatic rings. The Bertz CT molecular complexity index is 700. The highest BCUT2D eigenvalue weighted by Gasteiger charge is 2.14. The van der Waals surface area contributed by atoms with E-state index in [0.717, 1.165) is 15.0 Å². The van der Waals surface area contributed by atoms with E-state index in [1.165, 1.54) is 6.20 Å². The van der Waals surface area contributed by atoms with Crippen LogP contribution >= 0.6 is 11.3 Å². The molecule has 0 fully saturated rings. The minimum Gasteiger partial charge on any atom is -0.476 e. The fraction of sp³-hybridized carbons (Fsp3) is 0. The molecule has 0 atom stereocenters. The van der Waals surface area contributed by atoms with Crippen molar-refractivity contribution in [3.8, 4) is 10.4 Å². The van der Waals surface area contributed by atoms with E-state index in [1.807, 2.05) is 30.3 Å². The van der Waals surface area contributed by atoms with Crippen LogP contribution in [0.5, 0.6) is 0 Å². The number of hydrogen-bond acceptors (Lipinski definition) is 3. The number of nitrogens with zero attached hydrogens (tertiary/aromatic N) is 1. The van der Waals surface area contributed by atoms with Crippen molar-refractivity contribution >= 4 is 27.4 Å². The van der Waals surface area contributed by atoms with Crippen LogP contribution in [0.4, 0.5) is 0 Å². The number of aromatic carboxylic acids is 1. The second-order valence-electron chi connectivity index (χ2n) is 3.85. The second-order valence-corrected chi connectivity index (χ2v) is 4.94. The number of aromatic nitrogens is 1. The third-order valence-electron chi connectivity index (χ3n) is 2.70. The quantitative estimate of drug-likeness (QED) is 0.760. The maximum Gasteiger partial charge on any atom is 0.355 e. The Morgan fingerprint density at radius 3 is 2.78 bits per heavy atom. The molecule has 18 heavy (non-hydrogen) atoms. The number of fused-ring (bicyclic) bond motifs is 1. The maximum atomic E-state index is 11.2. The summed E-state index contributed by atoms with van der Waals surface area (Å²) in [6, 6.07) is 13.5. The highest BCUT2D eigenvalue weighted by Crippen LogP contribution is 2.34. The van der Waals surface area contributed by atoms with Crippen LogP contribution in [0.2, 0.25) is 0 Å². The topological polar surface area (TPSA) is 50.2 Å². The summed E-state index contributed by atoms with van der Waals surface area (Å²) in [6.07, 6.45) is 1.50. The average Bonchev–Trinajstić information content (AvgIpc) is 2.82. The Labute approximate surface area is 107 Å². The molecule has 0 bridgehead atoms. The summed E-state index contributed by atoms with van der Waals surface area (Å²) in [7, 11) is 0. The van der Waals surface area contributed by atoms with E-state index in [2.05, 4.69) is 4.98 Å². The van der Waals surface area contributed by atoms with Crippen molar-refractivity contribution in [1.82, 2.24) is 4.98 Å². The first-order valence-electron chi connectivity index (χ1n) is 5.43. The Morgan fingerprint density at radius 2 is 2.00 bits per heavy atom. The number of carboxylic acid groups (broad SMARTS) is 1. The zero-order valence-electron chi connectivity index (χ0n) is 9.33. The molecule has 0 aliphatic heterocycles. The standard InChI is InChI=1S/C14H9NO2S/c16-14(17)13-10(5-3-7-15-13)12-8-9-4-1-2-6-11(9)18-12/h1-8H,(H,16,17). The van der Waals surface area contributed by atoms with Gasteiger partial charge in [-0.15, -0.1) is 11.3 Å². The number of hydrogen-bond donors (Lipinski definition) is 1. The normalized spacial score (nSPS) is 10.7. The van der Waals surface area contributed by atoms with Gasteiger partial charge in [0.25, 0.3) is 0 Å². The molecule has 3 rings (SSSR count). The Balaban J connectivity index is 2.23. The number of thiophene rings is 1. The predicted octanol–water partition coefficient (Wildman–Crippen LogP) is 3.66. The van der Waals surface area contributed by atoms with Crippen molar-refractivity contribution < 1.29 is 9.90 Å². The molecule has 2 aromatic heterocycles. The van der Waals surface area contributed by atoms with Gasteiger partial charge in [0.05, 0.1) is 0 Å². The molecule has 88 valence electrons. The van der Waals surface area contributed by atoms with Crippen LogP contribution in [-0.2, 0) is 0 Å². The Morgan fingerprint density at radius 1 is 1.17 bits per heavy atom. The second kappa shape index (κ2) is 4.23. The molecule has 4 heteroatoms. The van der Waals surface area contributed by atoms with E-state index in [1.54, 1.807) is 23.5 Å². The summed E-state index contributed by atoms with van der Waals surface area (Å²) in [5, 5.41) is 10.3. The first-order chi connectivity index (χ1) is 8.75. The summed E-state index contributed by atoms with van der Waals surface area (Å²) < 4.78 is 1.15. The van der Waals surface area contributed by atoms with Gasteiger partial charge in [0.1, 0.15) is 0 Å². The molecule has 0 radical (unpaired) electrons. The molecule has 0 unspecified atom stereocenters. The fourth-order valence-electron chi connectivity index (χ4n) is 1.89. The van der Waals surface area contributed by atoms with Gasteiger partial charge in [-0.25, -0.2) is 9.78 Å². The largest absolute Gasteiger partial charge is 0.476 e. The molecule has 0 aliphatic carbocycles. The van der Waals surface area contributed by atoms with E-state index >= 15 is 0 Å². The van der Waals surface area contributed by atoms with Crippen LogP contribution in [0.15, 0.2) is 48.7 Å². The summed E-state index contributed by atoms with van der Waals surface area (Å²) in [5.74, 6) is -0.997. The maximum absolute atomic E-state index is 11.2. The van der Waals surface area contributed by atoms with Gasteiger partial charge in [0.15, 0.2) is 5.69 Å².